The predicted molar refractivity (Wildman–Crippen MR) is 75.1 cm³/mol. The van der Waals surface area contributed by atoms with Crippen LogP contribution in [0.3, 0.4) is 0 Å². The minimum absolute atomic E-state index is 0.481. The number of pyridine rings is 1. The molecule has 0 unspecified atom stereocenters. The van der Waals surface area contributed by atoms with Crippen LogP contribution in [0, 0.1) is 0 Å². The molecular formula is C14H17N5. The zero-order valence-electron chi connectivity index (χ0n) is 10.7. The van der Waals surface area contributed by atoms with Gasteiger partial charge in [0.05, 0.1) is 0 Å². The normalized spacial score (nSPS) is 16.3. The molecule has 0 saturated carbocycles. The fourth-order valence-corrected chi connectivity index (χ4v) is 2.34. The van der Waals surface area contributed by atoms with Crippen molar-refractivity contribution in [3.8, 4) is 0 Å². The third-order valence-corrected chi connectivity index (χ3v) is 3.35. The first-order valence-electron chi connectivity index (χ1n) is 6.61. The Hall–Kier alpha value is -2.17. The summed E-state index contributed by atoms with van der Waals surface area (Å²) in [6.07, 6.45) is 7.56. The molecule has 1 fully saturated rings. The second-order valence-electron chi connectivity index (χ2n) is 4.67. The summed E-state index contributed by atoms with van der Waals surface area (Å²) in [6.45, 7) is 1.96. The smallest absolute Gasteiger partial charge is 0.225 e. The minimum atomic E-state index is 0.481. The number of hydrogen-bond acceptors (Lipinski definition) is 5. The molecule has 0 radical (unpaired) electrons. The van der Waals surface area contributed by atoms with Gasteiger partial charge in [-0.1, -0.05) is 6.07 Å². The molecule has 1 saturated heterocycles. The molecule has 0 atom stereocenters. The third-order valence-electron chi connectivity index (χ3n) is 3.35. The Kier molecular flexibility index (Phi) is 3.54. The molecule has 19 heavy (non-hydrogen) atoms. The molecule has 0 bridgehead atoms. The second-order valence-corrected chi connectivity index (χ2v) is 4.67. The van der Waals surface area contributed by atoms with Gasteiger partial charge in [0.2, 0.25) is 5.95 Å². The lowest BCUT2D eigenvalue weighted by Crippen LogP contribution is -2.40. The summed E-state index contributed by atoms with van der Waals surface area (Å²) in [5, 5.41) is 3.47. The summed E-state index contributed by atoms with van der Waals surface area (Å²) in [4.78, 5) is 15.1. The molecule has 0 aliphatic carbocycles. The fraction of sp³-hybridized carbons (Fsp3) is 0.357. The minimum Gasteiger partial charge on any atom is -0.367 e. The van der Waals surface area contributed by atoms with E-state index in [2.05, 4.69) is 25.2 Å². The van der Waals surface area contributed by atoms with Gasteiger partial charge in [0.1, 0.15) is 5.82 Å². The van der Waals surface area contributed by atoms with Gasteiger partial charge in [-0.3, -0.25) is 0 Å². The van der Waals surface area contributed by atoms with Gasteiger partial charge in [-0.2, -0.15) is 0 Å². The van der Waals surface area contributed by atoms with Crippen LogP contribution in [0.25, 0.3) is 0 Å². The summed E-state index contributed by atoms with van der Waals surface area (Å²) in [5.74, 6) is 1.79. The van der Waals surface area contributed by atoms with E-state index in [1.54, 1.807) is 12.4 Å². The quantitative estimate of drug-likeness (QED) is 0.908. The topological polar surface area (TPSA) is 53.9 Å². The lowest BCUT2D eigenvalue weighted by Gasteiger charge is -2.32. The van der Waals surface area contributed by atoms with Crippen LogP contribution in [0.2, 0.25) is 0 Å². The summed E-state index contributed by atoms with van der Waals surface area (Å²) in [7, 11) is 0. The van der Waals surface area contributed by atoms with Gasteiger partial charge in [-0.15, -0.1) is 0 Å². The first kappa shape index (κ1) is 11.9. The highest BCUT2D eigenvalue weighted by Gasteiger charge is 2.20. The number of nitrogens with zero attached hydrogens (tertiary/aromatic N) is 4. The van der Waals surface area contributed by atoms with Gasteiger partial charge < -0.3 is 10.2 Å². The van der Waals surface area contributed by atoms with E-state index in [9.17, 15) is 0 Å². The van der Waals surface area contributed by atoms with Crippen LogP contribution >= 0.6 is 0 Å². The summed E-state index contributed by atoms with van der Waals surface area (Å²) in [5.41, 5.74) is 0. The maximum absolute atomic E-state index is 4.30. The SMILES string of the molecule is c1ccc(NC2CCN(c3ncccn3)CC2)nc1. The maximum atomic E-state index is 4.30. The van der Waals surface area contributed by atoms with Crippen molar-refractivity contribution in [2.75, 3.05) is 23.3 Å². The van der Waals surface area contributed by atoms with E-state index < -0.39 is 0 Å². The number of nitrogens with one attached hydrogen (secondary N) is 1. The molecule has 1 N–H and O–H groups in total. The van der Waals surface area contributed by atoms with Crippen molar-refractivity contribution >= 4 is 11.8 Å². The van der Waals surface area contributed by atoms with Crippen molar-refractivity contribution in [3.63, 3.8) is 0 Å². The molecule has 3 rings (SSSR count). The van der Waals surface area contributed by atoms with Gasteiger partial charge in [0.25, 0.3) is 0 Å². The Balaban J connectivity index is 1.55. The maximum Gasteiger partial charge on any atom is 0.225 e. The largest absolute Gasteiger partial charge is 0.367 e. The first-order valence-corrected chi connectivity index (χ1v) is 6.61. The fourth-order valence-electron chi connectivity index (χ4n) is 2.34. The highest BCUT2D eigenvalue weighted by atomic mass is 15.3. The van der Waals surface area contributed by atoms with Crippen LogP contribution in [0.4, 0.5) is 11.8 Å². The van der Waals surface area contributed by atoms with E-state index in [4.69, 9.17) is 0 Å². The van der Waals surface area contributed by atoms with E-state index in [0.717, 1.165) is 37.7 Å². The van der Waals surface area contributed by atoms with Crippen molar-refractivity contribution in [1.29, 1.82) is 0 Å². The Morgan fingerprint density at radius 1 is 0.947 bits per heavy atom. The number of aromatic nitrogens is 3. The molecule has 5 heteroatoms. The van der Waals surface area contributed by atoms with Crippen LogP contribution < -0.4 is 10.2 Å². The number of anilines is 2. The molecule has 1 aliphatic heterocycles. The lowest BCUT2D eigenvalue weighted by molar-refractivity contribution is 0.519. The average molecular weight is 255 g/mol. The summed E-state index contributed by atoms with van der Waals surface area (Å²) < 4.78 is 0. The number of rotatable bonds is 3. The molecule has 5 nitrogen and oxygen atoms in total. The zero-order chi connectivity index (χ0) is 12.9. The monoisotopic (exact) mass is 255 g/mol. The molecule has 0 amide bonds. The van der Waals surface area contributed by atoms with E-state index >= 15 is 0 Å². The Morgan fingerprint density at radius 3 is 2.37 bits per heavy atom. The Labute approximate surface area is 112 Å². The van der Waals surface area contributed by atoms with Crippen LogP contribution in [0.15, 0.2) is 42.9 Å². The molecule has 0 spiro atoms. The van der Waals surface area contributed by atoms with Gasteiger partial charge in [0.15, 0.2) is 0 Å². The third kappa shape index (κ3) is 2.99. The average Bonchev–Trinajstić information content (AvgIpc) is 2.50. The van der Waals surface area contributed by atoms with Crippen LogP contribution in [-0.4, -0.2) is 34.1 Å². The molecule has 2 aromatic heterocycles. The lowest BCUT2D eigenvalue weighted by atomic mass is 10.1. The van der Waals surface area contributed by atoms with E-state index in [0.29, 0.717) is 6.04 Å². The van der Waals surface area contributed by atoms with Crippen LogP contribution in [-0.2, 0) is 0 Å². The van der Waals surface area contributed by atoms with Gasteiger partial charge in [-0.25, -0.2) is 15.0 Å². The Bertz CT molecular complexity index is 494. The van der Waals surface area contributed by atoms with Gasteiger partial charge in [-0.05, 0) is 31.0 Å². The summed E-state index contributed by atoms with van der Waals surface area (Å²) >= 11 is 0. The van der Waals surface area contributed by atoms with Crippen LogP contribution in [0.5, 0.6) is 0 Å². The second kappa shape index (κ2) is 5.65. The van der Waals surface area contributed by atoms with Gasteiger partial charge in [0, 0.05) is 37.7 Å². The van der Waals surface area contributed by atoms with Crippen LogP contribution in [0.1, 0.15) is 12.8 Å². The zero-order valence-corrected chi connectivity index (χ0v) is 10.7. The van der Waals surface area contributed by atoms with E-state index in [-0.39, 0.29) is 0 Å². The Morgan fingerprint density at radius 2 is 1.68 bits per heavy atom. The molecule has 98 valence electrons. The van der Waals surface area contributed by atoms with Crippen molar-refractivity contribution in [1.82, 2.24) is 15.0 Å². The number of hydrogen-bond donors (Lipinski definition) is 1. The first-order chi connectivity index (χ1) is 9.42. The van der Waals surface area contributed by atoms with Crippen molar-refractivity contribution in [2.45, 2.75) is 18.9 Å². The van der Waals surface area contributed by atoms with E-state index in [1.165, 1.54) is 0 Å². The summed E-state index contributed by atoms with van der Waals surface area (Å²) in [6, 6.07) is 8.27. The molecule has 2 aromatic rings. The molecule has 3 heterocycles. The van der Waals surface area contributed by atoms with Crippen molar-refractivity contribution in [2.24, 2.45) is 0 Å². The van der Waals surface area contributed by atoms with E-state index in [1.807, 2.05) is 30.5 Å². The predicted octanol–water partition coefficient (Wildman–Crippen LogP) is 1.95. The standard InChI is InChI=1S/C14H17N5/c1-2-7-15-13(4-1)18-12-5-10-19(11-6-12)14-16-8-3-9-17-14/h1-4,7-9,12H,5-6,10-11H2,(H,15,18). The highest BCUT2D eigenvalue weighted by Crippen LogP contribution is 2.17. The van der Waals surface area contributed by atoms with Crippen molar-refractivity contribution < 1.29 is 0 Å². The highest BCUT2D eigenvalue weighted by molar-refractivity contribution is 5.36. The van der Waals surface area contributed by atoms with Crippen molar-refractivity contribution in [3.05, 3.63) is 42.9 Å². The van der Waals surface area contributed by atoms with Gasteiger partial charge >= 0.3 is 0 Å². The molecule has 1 aliphatic rings. The molecular weight excluding hydrogens is 238 g/mol. The number of piperidine rings is 1. The molecule has 0 aromatic carbocycles.